The second kappa shape index (κ2) is 9.73. The van der Waals surface area contributed by atoms with Gasteiger partial charge in [0.2, 0.25) is 5.91 Å². The molecule has 0 heterocycles. The molecule has 1 amide bonds. The quantitative estimate of drug-likeness (QED) is 0.617. The standard InChI is InChI=1S/C14H22N4O3/c1-3-14(4-2,13(20)21)17-11-12(19)18(9-5-7-15)10-6-8-16/h17H,3-6,9-11H2,1-2H3,(H,20,21). The minimum atomic E-state index is -1.12. The molecule has 0 aliphatic heterocycles. The van der Waals surface area contributed by atoms with Crippen LogP contribution in [0.2, 0.25) is 0 Å². The van der Waals surface area contributed by atoms with Crippen LogP contribution in [0.1, 0.15) is 39.5 Å². The molecule has 0 radical (unpaired) electrons. The summed E-state index contributed by atoms with van der Waals surface area (Å²) in [5, 5.41) is 29.3. The van der Waals surface area contributed by atoms with Gasteiger partial charge < -0.3 is 10.0 Å². The molecule has 7 nitrogen and oxygen atoms in total. The Bertz CT molecular complexity index is 414. The van der Waals surface area contributed by atoms with E-state index in [1.165, 1.54) is 4.90 Å². The number of nitriles is 2. The van der Waals surface area contributed by atoms with Gasteiger partial charge in [-0.3, -0.25) is 14.9 Å². The lowest BCUT2D eigenvalue weighted by atomic mass is 9.93. The zero-order valence-corrected chi connectivity index (χ0v) is 12.6. The van der Waals surface area contributed by atoms with E-state index >= 15 is 0 Å². The number of carbonyl (C=O) groups is 2. The first-order chi connectivity index (χ1) is 9.97. The van der Waals surface area contributed by atoms with Crippen molar-refractivity contribution in [2.45, 2.75) is 45.1 Å². The van der Waals surface area contributed by atoms with Crippen molar-refractivity contribution in [3.05, 3.63) is 0 Å². The summed E-state index contributed by atoms with van der Waals surface area (Å²) in [5.74, 6) is -1.28. The predicted octanol–water partition coefficient (Wildman–Crippen LogP) is 0.875. The third-order valence-electron chi connectivity index (χ3n) is 3.53. The normalized spacial score (nSPS) is 10.5. The number of amides is 1. The Kier molecular flexibility index (Phi) is 8.75. The molecule has 0 spiro atoms. The van der Waals surface area contributed by atoms with Crippen LogP contribution in [0.3, 0.4) is 0 Å². The molecule has 0 saturated carbocycles. The van der Waals surface area contributed by atoms with Crippen LogP contribution in [0, 0.1) is 22.7 Å². The van der Waals surface area contributed by atoms with Crippen molar-refractivity contribution >= 4 is 11.9 Å². The summed E-state index contributed by atoms with van der Waals surface area (Å²) in [6, 6.07) is 3.90. The maximum Gasteiger partial charge on any atom is 0.323 e. The van der Waals surface area contributed by atoms with Gasteiger partial charge in [-0.2, -0.15) is 10.5 Å². The maximum absolute atomic E-state index is 12.1. The van der Waals surface area contributed by atoms with Gasteiger partial charge in [-0.1, -0.05) is 13.8 Å². The molecule has 2 N–H and O–H groups in total. The van der Waals surface area contributed by atoms with E-state index in [4.69, 9.17) is 10.5 Å². The minimum absolute atomic E-state index is 0.120. The lowest BCUT2D eigenvalue weighted by Crippen LogP contribution is -2.54. The fourth-order valence-electron chi connectivity index (χ4n) is 1.97. The van der Waals surface area contributed by atoms with Gasteiger partial charge in [-0.25, -0.2) is 0 Å². The molecule has 7 heteroatoms. The largest absolute Gasteiger partial charge is 0.480 e. The summed E-state index contributed by atoms with van der Waals surface area (Å²) in [6.45, 7) is 3.87. The number of rotatable bonds is 10. The van der Waals surface area contributed by atoms with Gasteiger partial charge in [0.05, 0.1) is 31.5 Å². The zero-order valence-electron chi connectivity index (χ0n) is 12.6. The molecule has 0 aromatic rings. The second-order valence-electron chi connectivity index (χ2n) is 4.64. The third-order valence-corrected chi connectivity index (χ3v) is 3.53. The average Bonchev–Trinajstić information content (AvgIpc) is 2.48. The molecule has 21 heavy (non-hydrogen) atoms. The van der Waals surface area contributed by atoms with E-state index in [9.17, 15) is 14.7 Å². The van der Waals surface area contributed by atoms with E-state index in [-0.39, 0.29) is 38.4 Å². The maximum atomic E-state index is 12.1. The molecule has 0 bridgehead atoms. The van der Waals surface area contributed by atoms with Crippen LogP contribution in [-0.2, 0) is 9.59 Å². The molecule has 0 saturated heterocycles. The molecule has 0 unspecified atom stereocenters. The topological polar surface area (TPSA) is 117 Å². The summed E-state index contributed by atoms with van der Waals surface area (Å²) in [6.07, 6.45) is 1.09. The first-order valence-electron chi connectivity index (χ1n) is 6.97. The highest BCUT2D eigenvalue weighted by Crippen LogP contribution is 2.15. The van der Waals surface area contributed by atoms with Gasteiger partial charge in [-0.15, -0.1) is 0 Å². The Labute approximate surface area is 125 Å². The van der Waals surface area contributed by atoms with Crippen LogP contribution in [-0.4, -0.2) is 47.1 Å². The van der Waals surface area contributed by atoms with Crippen molar-refractivity contribution < 1.29 is 14.7 Å². The van der Waals surface area contributed by atoms with Crippen LogP contribution in [0.15, 0.2) is 0 Å². The molecule has 0 aliphatic carbocycles. The number of carboxylic acids is 1. The van der Waals surface area contributed by atoms with E-state index in [1.807, 2.05) is 12.1 Å². The molecule has 0 rings (SSSR count). The zero-order chi connectivity index (χ0) is 16.3. The number of carbonyl (C=O) groups excluding carboxylic acids is 1. The third kappa shape index (κ3) is 5.80. The molecule has 0 aromatic heterocycles. The van der Waals surface area contributed by atoms with Crippen molar-refractivity contribution in [2.75, 3.05) is 19.6 Å². The molecule has 0 atom stereocenters. The fraction of sp³-hybridized carbons (Fsp3) is 0.714. The molecular weight excluding hydrogens is 272 g/mol. The van der Waals surface area contributed by atoms with Gasteiger partial charge in [0, 0.05) is 13.1 Å². The monoisotopic (exact) mass is 294 g/mol. The highest BCUT2D eigenvalue weighted by Gasteiger charge is 2.35. The van der Waals surface area contributed by atoms with Crippen molar-refractivity contribution in [1.29, 1.82) is 10.5 Å². The summed E-state index contributed by atoms with van der Waals surface area (Å²) < 4.78 is 0. The Morgan fingerprint density at radius 3 is 1.95 bits per heavy atom. The molecular formula is C14H22N4O3. The predicted molar refractivity (Wildman–Crippen MR) is 76.0 cm³/mol. The second-order valence-corrected chi connectivity index (χ2v) is 4.64. The minimum Gasteiger partial charge on any atom is -0.480 e. The lowest BCUT2D eigenvalue weighted by Gasteiger charge is -2.29. The number of aliphatic carboxylic acids is 1. The Morgan fingerprint density at radius 1 is 1.14 bits per heavy atom. The van der Waals surface area contributed by atoms with Gasteiger partial charge in [-0.05, 0) is 12.8 Å². The van der Waals surface area contributed by atoms with E-state index in [0.717, 1.165) is 0 Å². The van der Waals surface area contributed by atoms with E-state index in [1.54, 1.807) is 13.8 Å². The van der Waals surface area contributed by atoms with Crippen LogP contribution in [0.25, 0.3) is 0 Å². The van der Waals surface area contributed by atoms with Crippen LogP contribution in [0.5, 0.6) is 0 Å². The van der Waals surface area contributed by atoms with Crippen LogP contribution in [0.4, 0.5) is 0 Å². The molecule has 116 valence electrons. The average molecular weight is 294 g/mol. The van der Waals surface area contributed by atoms with Crippen molar-refractivity contribution in [3.63, 3.8) is 0 Å². The van der Waals surface area contributed by atoms with Crippen molar-refractivity contribution in [2.24, 2.45) is 0 Å². The smallest absolute Gasteiger partial charge is 0.323 e. The van der Waals surface area contributed by atoms with Gasteiger partial charge in [0.1, 0.15) is 5.54 Å². The Morgan fingerprint density at radius 2 is 1.62 bits per heavy atom. The first-order valence-corrected chi connectivity index (χ1v) is 6.97. The summed E-state index contributed by atoms with van der Waals surface area (Å²) in [7, 11) is 0. The van der Waals surface area contributed by atoms with Crippen LogP contribution >= 0.6 is 0 Å². The van der Waals surface area contributed by atoms with Gasteiger partial charge in [0.25, 0.3) is 0 Å². The van der Waals surface area contributed by atoms with Crippen molar-refractivity contribution in [3.8, 4) is 12.1 Å². The molecule has 0 fully saturated rings. The summed E-state index contributed by atoms with van der Waals surface area (Å²) >= 11 is 0. The molecule has 0 aromatic carbocycles. The van der Waals surface area contributed by atoms with E-state index in [0.29, 0.717) is 12.8 Å². The Balaban J connectivity index is 4.70. The SMILES string of the molecule is CCC(CC)(NCC(=O)N(CCC#N)CCC#N)C(=O)O. The lowest BCUT2D eigenvalue weighted by molar-refractivity contribution is -0.145. The van der Waals surface area contributed by atoms with Crippen molar-refractivity contribution in [1.82, 2.24) is 10.2 Å². The van der Waals surface area contributed by atoms with Gasteiger partial charge >= 0.3 is 5.97 Å². The molecule has 0 aliphatic rings. The van der Waals surface area contributed by atoms with Gasteiger partial charge in [0.15, 0.2) is 0 Å². The fourth-order valence-corrected chi connectivity index (χ4v) is 1.97. The highest BCUT2D eigenvalue weighted by molar-refractivity contribution is 5.82. The first kappa shape index (κ1) is 18.9. The number of carboxylic acid groups (broad SMARTS) is 1. The Hall–Kier alpha value is -2.12. The number of hydrogen-bond donors (Lipinski definition) is 2. The summed E-state index contributed by atoms with van der Waals surface area (Å²) in [5.41, 5.74) is -1.12. The summed E-state index contributed by atoms with van der Waals surface area (Å²) in [4.78, 5) is 24.9. The van der Waals surface area contributed by atoms with E-state index < -0.39 is 11.5 Å². The number of nitrogens with one attached hydrogen (secondary N) is 1. The number of nitrogens with zero attached hydrogens (tertiary/aromatic N) is 3. The highest BCUT2D eigenvalue weighted by atomic mass is 16.4. The van der Waals surface area contributed by atoms with Crippen LogP contribution < -0.4 is 5.32 Å². The van der Waals surface area contributed by atoms with E-state index in [2.05, 4.69) is 5.32 Å². The number of hydrogen-bond acceptors (Lipinski definition) is 5.